The number of hydrogen-bond donors (Lipinski definition) is 0. The van der Waals surface area contributed by atoms with E-state index < -0.39 is 0 Å². The van der Waals surface area contributed by atoms with Gasteiger partial charge in [0.25, 0.3) is 0 Å². The van der Waals surface area contributed by atoms with Gasteiger partial charge in [0.2, 0.25) is 0 Å². The fourth-order valence-corrected chi connectivity index (χ4v) is 2.86. The number of rotatable bonds is 6. The highest BCUT2D eigenvalue weighted by Gasteiger charge is 2.21. The average Bonchev–Trinajstić information content (AvgIpc) is 3.01. The van der Waals surface area contributed by atoms with Crippen LogP contribution in [0, 0.1) is 0 Å². The molecule has 2 rings (SSSR count). The molecule has 0 saturated carbocycles. The van der Waals surface area contributed by atoms with Crippen LogP contribution in [0.5, 0.6) is 0 Å². The number of likely N-dealkylation sites (tertiary alicyclic amines) is 1. The maximum Gasteiger partial charge on any atom is 0.0345 e. The van der Waals surface area contributed by atoms with Gasteiger partial charge in [0.1, 0.15) is 0 Å². The van der Waals surface area contributed by atoms with E-state index in [1.807, 2.05) is 13.8 Å². The van der Waals surface area contributed by atoms with Crippen LogP contribution in [0.1, 0.15) is 70.9 Å². The van der Waals surface area contributed by atoms with Crippen LogP contribution in [0.3, 0.4) is 0 Å². The summed E-state index contributed by atoms with van der Waals surface area (Å²) in [6, 6.07) is 11.5. The van der Waals surface area contributed by atoms with Crippen LogP contribution in [0.15, 0.2) is 30.3 Å². The minimum absolute atomic E-state index is 0.672. The summed E-state index contributed by atoms with van der Waals surface area (Å²) in [5, 5.41) is 0. The second kappa shape index (κ2) is 14.7. The van der Waals surface area contributed by atoms with Gasteiger partial charge in [-0.25, -0.2) is 0 Å². The molecule has 0 aliphatic carbocycles. The maximum absolute atomic E-state index is 2.44. The van der Waals surface area contributed by atoms with Gasteiger partial charge in [-0.1, -0.05) is 70.4 Å². The quantitative estimate of drug-likeness (QED) is 0.629. The zero-order valence-corrected chi connectivity index (χ0v) is 16.5. The van der Waals surface area contributed by atoms with E-state index in [4.69, 9.17) is 0 Å². The molecular formula is C21H40N2. The van der Waals surface area contributed by atoms with Crippen molar-refractivity contribution in [1.82, 2.24) is 9.80 Å². The van der Waals surface area contributed by atoms with Crippen LogP contribution in [-0.4, -0.2) is 44.0 Å². The molecule has 0 aromatic heterocycles. The summed E-state index contributed by atoms with van der Waals surface area (Å²) in [5.74, 6) is 0. The Bertz CT molecular complexity index is 348. The first-order valence-electron chi connectivity index (χ1n) is 9.55. The van der Waals surface area contributed by atoms with Gasteiger partial charge < -0.3 is 4.90 Å². The summed E-state index contributed by atoms with van der Waals surface area (Å²) in [7, 11) is 6.47. The first-order valence-corrected chi connectivity index (χ1v) is 9.55. The summed E-state index contributed by atoms with van der Waals surface area (Å²) in [5.41, 5.74) is 1.47. The highest BCUT2D eigenvalue weighted by molar-refractivity contribution is 5.19. The van der Waals surface area contributed by atoms with Crippen LogP contribution in [0.4, 0.5) is 0 Å². The highest BCUT2D eigenvalue weighted by atomic mass is 15.1. The molecule has 1 heterocycles. The summed E-state index contributed by atoms with van der Waals surface area (Å²) in [6.07, 6.45) is 8.16. The standard InChI is InChI=1S/C11H15N.C8H19N.C2H6/c1-12-9-5-8-11(12)10-6-3-2-4-7-10;1-4-5-6-7-8-9(2)3;1-2/h2-4,6-7,11H,5,8-9H2,1H3;4-8H2,1-3H3;1-2H3. The van der Waals surface area contributed by atoms with Crippen molar-refractivity contribution in [2.24, 2.45) is 0 Å². The van der Waals surface area contributed by atoms with Crippen LogP contribution in [0.2, 0.25) is 0 Å². The molecule has 2 nitrogen and oxygen atoms in total. The third kappa shape index (κ3) is 10.5. The van der Waals surface area contributed by atoms with Crippen molar-refractivity contribution in [3.05, 3.63) is 35.9 Å². The fourth-order valence-electron chi connectivity index (χ4n) is 2.86. The summed E-state index contributed by atoms with van der Waals surface area (Å²) in [4.78, 5) is 4.69. The van der Waals surface area contributed by atoms with Crippen molar-refractivity contribution in [2.45, 2.75) is 65.3 Å². The van der Waals surface area contributed by atoms with Crippen LogP contribution in [0.25, 0.3) is 0 Å². The van der Waals surface area contributed by atoms with Gasteiger partial charge in [-0.3, -0.25) is 4.90 Å². The van der Waals surface area contributed by atoms with Crippen molar-refractivity contribution in [1.29, 1.82) is 0 Å². The highest BCUT2D eigenvalue weighted by Crippen LogP contribution is 2.29. The van der Waals surface area contributed by atoms with Crippen LogP contribution >= 0.6 is 0 Å². The van der Waals surface area contributed by atoms with E-state index in [0.717, 1.165) is 0 Å². The third-order valence-corrected chi connectivity index (χ3v) is 4.16. The van der Waals surface area contributed by atoms with Gasteiger partial charge in [-0.15, -0.1) is 0 Å². The SMILES string of the molecule is CC.CCCCCCN(C)C.CN1CCCC1c1ccccc1. The molecule has 1 aliphatic rings. The zero-order chi connectivity index (χ0) is 17.5. The lowest BCUT2D eigenvalue weighted by Crippen LogP contribution is -2.17. The Labute approximate surface area is 145 Å². The van der Waals surface area contributed by atoms with Crippen molar-refractivity contribution < 1.29 is 0 Å². The Morgan fingerprint density at radius 2 is 1.70 bits per heavy atom. The average molecular weight is 321 g/mol. The van der Waals surface area contributed by atoms with Gasteiger partial charge >= 0.3 is 0 Å². The number of benzene rings is 1. The molecule has 0 N–H and O–H groups in total. The van der Waals surface area contributed by atoms with E-state index in [1.54, 1.807) is 0 Å². The van der Waals surface area contributed by atoms with Gasteiger partial charge in [-0.05, 0) is 59.1 Å². The van der Waals surface area contributed by atoms with Crippen molar-refractivity contribution in [3.63, 3.8) is 0 Å². The van der Waals surface area contributed by atoms with E-state index in [0.29, 0.717) is 6.04 Å². The van der Waals surface area contributed by atoms with Gasteiger partial charge in [0.15, 0.2) is 0 Å². The minimum Gasteiger partial charge on any atom is -0.309 e. The van der Waals surface area contributed by atoms with E-state index in [1.165, 1.54) is 57.2 Å². The van der Waals surface area contributed by atoms with Gasteiger partial charge in [0, 0.05) is 6.04 Å². The molecule has 1 aromatic carbocycles. The molecule has 23 heavy (non-hydrogen) atoms. The monoisotopic (exact) mass is 320 g/mol. The Morgan fingerprint density at radius 3 is 2.17 bits per heavy atom. The lowest BCUT2D eigenvalue weighted by Gasteiger charge is -2.19. The largest absolute Gasteiger partial charge is 0.309 e. The van der Waals surface area contributed by atoms with E-state index in [-0.39, 0.29) is 0 Å². The molecule has 1 unspecified atom stereocenters. The predicted molar refractivity (Wildman–Crippen MR) is 105 cm³/mol. The van der Waals surface area contributed by atoms with Crippen LogP contribution in [-0.2, 0) is 0 Å². The smallest absolute Gasteiger partial charge is 0.0345 e. The maximum atomic E-state index is 2.44. The minimum atomic E-state index is 0.672. The van der Waals surface area contributed by atoms with Crippen molar-refractivity contribution in [3.8, 4) is 0 Å². The molecule has 0 bridgehead atoms. The normalized spacial score (nSPS) is 17.3. The topological polar surface area (TPSA) is 6.48 Å². The molecule has 0 radical (unpaired) electrons. The molecule has 1 fully saturated rings. The summed E-state index contributed by atoms with van der Waals surface area (Å²) < 4.78 is 0. The van der Waals surface area contributed by atoms with Crippen molar-refractivity contribution >= 4 is 0 Å². The Kier molecular flexibility index (Phi) is 14.2. The second-order valence-corrected chi connectivity index (χ2v) is 6.41. The number of hydrogen-bond acceptors (Lipinski definition) is 2. The Hall–Kier alpha value is -0.860. The lowest BCUT2D eigenvalue weighted by atomic mass is 10.1. The molecule has 0 spiro atoms. The summed E-state index contributed by atoms with van der Waals surface area (Å²) in [6.45, 7) is 8.75. The molecule has 1 saturated heterocycles. The second-order valence-electron chi connectivity index (χ2n) is 6.41. The molecule has 0 amide bonds. The molecular weight excluding hydrogens is 280 g/mol. The van der Waals surface area contributed by atoms with E-state index in [9.17, 15) is 0 Å². The van der Waals surface area contributed by atoms with Crippen LogP contribution < -0.4 is 0 Å². The van der Waals surface area contributed by atoms with Gasteiger partial charge in [0.05, 0.1) is 0 Å². The molecule has 2 heteroatoms. The first kappa shape index (κ1) is 22.1. The lowest BCUT2D eigenvalue weighted by molar-refractivity contribution is 0.317. The molecule has 1 aromatic rings. The van der Waals surface area contributed by atoms with Gasteiger partial charge in [-0.2, -0.15) is 0 Å². The predicted octanol–water partition coefficient (Wildman–Crippen LogP) is 5.61. The van der Waals surface area contributed by atoms with Crippen molar-refractivity contribution in [2.75, 3.05) is 34.2 Å². The van der Waals surface area contributed by atoms with E-state index in [2.05, 4.69) is 68.2 Å². The fraction of sp³-hybridized carbons (Fsp3) is 0.714. The summed E-state index contributed by atoms with van der Waals surface area (Å²) >= 11 is 0. The molecule has 1 aliphatic heterocycles. The molecule has 134 valence electrons. The molecule has 1 atom stereocenters. The zero-order valence-electron chi connectivity index (χ0n) is 16.5. The first-order chi connectivity index (χ1) is 11.1. The Balaban J connectivity index is 0.000000396. The van der Waals surface area contributed by atoms with E-state index >= 15 is 0 Å². The third-order valence-electron chi connectivity index (χ3n) is 4.16. The number of nitrogens with zero attached hydrogens (tertiary/aromatic N) is 2. The number of unbranched alkanes of at least 4 members (excludes halogenated alkanes) is 3. The Morgan fingerprint density at radius 1 is 1.04 bits per heavy atom.